The lowest BCUT2D eigenvalue weighted by molar-refractivity contribution is -0.145. The van der Waals surface area contributed by atoms with Crippen LogP contribution >= 0.6 is 0 Å². The maximum atomic E-state index is 12.3. The van der Waals surface area contributed by atoms with Crippen molar-refractivity contribution in [1.29, 1.82) is 0 Å². The number of carbonyl (C=O) groups is 3. The Morgan fingerprint density at radius 1 is 1.03 bits per heavy atom. The smallest absolute Gasteiger partial charge is 0.408 e. The molecule has 0 aliphatic rings. The lowest BCUT2D eigenvalue weighted by Crippen LogP contribution is -2.42. The number of amides is 2. The van der Waals surface area contributed by atoms with Crippen LogP contribution in [0.1, 0.15) is 52.5 Å². The Morgan fingerprint density at radius 3 is 2.39 bits per heavy atom. The van der Waals surface area contributed by atoms with Crippen molar-refractivity contribution in [3.63, 3.8) is 0 Å². The summed E-state index contributed by atoms with van der Waals surface area (Å²) in [6.45, 7) is 7.83. The molecule has 1 aromatic carbocycles. The Kier molecular flexibility index (Phi) is 11.8. The molecule has 0 aliphatic heterocycles. The number of carbonyl (C=O) groups excluding carboxylic acids is 3. The summed E-state index contributed by atoms with van der Waals surface area (Å²) >= 11 is 0. The standard InChI is InChI=1S/C23H34N2O6/c1-5-6-16-29-20(26)19(14-10-11-15-24-21(27)31-23(2,3)4)25-22(28)30-17-18-12-8-7-9-13-18/h5-9,12-13,19H,10-11,14-17H2,1-4H3,(H,24,27)(H,25,28)/b6-5+. The van der Waals surface area contributed by atoms with E-state index in [4.69, 9.17) is 14.2 Å². The third-order valence-electron chi connectivity index (χ3n) is 3.93. The molecule has 2 N–H and O–H groups in total. The first kappa shape index (κ1) is 26.0. The molecule has 172 valence electrons. The molecule has 0 saturated heterocycles. The zero-order valence-corrected chi connectivity index (χ0v) is 18.8. The summed E-state index contributed by atoms with van der Waals surface area (Å²) in [6.07, 6.45) is 3.84. The van der Waals surface area contributed by atoms with Gasteiger partial charge in [-0.2, -0.15) is 0 Å². The highest BCUT2D eigenvalue weighted by Gasteiger charge is 2.22. The molecular formula is C23H34N2O6. The maximum absolute atomic E-state index is 12.3. The van der Waals surface area contributed by atoms with Gasteiger partial charge in [-0.15, -0.1) is 0 Å². The van der Waals surface area contributed by atoms with Crippen molar-refractivity contribution in [3.8, 4) is 0 Å². The van der Waals surface area contributed by atoms with Crippen molar-refractivity contribution in [2.75, 3.05) is 13.2 Å². The third kappa shape index (κ3) is 13.0. The number of esters is 1. The molecule has 1 aromatic rings. The van der Waals surface area contributed by atoms with Crippen LogP contribution in [0.25, 0.3) is 0 Å². The first-order valence-electron chi connectivity index (χ1n) is 10.4. The molecule has 0 saturated carbocycles. The number of rotatable bonds is 11. The Labute approximate surface area is 184 Å². The number of nitrogens with one attached hydrogen (secondary N) is 2. The van der Waals surface area contributed by atoms with E-state index in [1.54, 1.807) is 32.9 Å². The first-order chi connectivity index (χ1) is 14.7. The van der Waals surface area contributed by atoms with E-state index in [0.717, 1.165) is 5.56 Å². The SMILES string of the molecule is C/C=C/COC(=O)C(CCCCNC(=O)OC(C)(C)C)NC(=O)OCc1ccccc1. The van der Waals surface area contributed by atoms with Crippen molar-refractivity contribution in [3.05, 3.63) is 48.0 Å². The molecule has 1 rings (SSSR count). The first-order valence-corrected chi connectivity index (χ1v) is 10.4. The molecule has 0 fully saturated rings. The molecular weight excluding hydrogens is 400 g/mol. The van der Waals surface area contributed by atoms with Gasteiger partial charge >= 0.3 is 18.2 Å². The van der Waals surface area contributed by atoms with E-state index in [9.17, 15) is 14.4 Å². The van der Waals surface area contributed by atoms with Crippen LogP contribution in [-0.4, -0.2) is 43.0 Å². The van der Waals surface area contributed by atoms with Crippen molar-refractivity contribution >= 4 is 18.2 Å². The van der Waals surface area contributed by atoms with Gasteiger partial charge in [0, 0.05) is 6.54 Å². The summed E-state index contributed by atoms with van der Waals surface area (Å²) in [5, 5.41) is 5.24. The minimum Gasteiger partial charge on any atom is -0.460 e. The van der Waals surface area contributed by atoms with Gasteiger partial charge in [-0.05, 0) is 52.5 Å². The molecule has 2 amide bonds. The van der Waals surface area contributed by atoms with Crippen LogP contribution < -0.4 is 10.6 Å². The average molecular weight is 435 g/mol. The van der Waals surface area contributed by atoms with E-state index in [2.05, 4.69) is 10.6 Å². The van der Waals surface area contributed by atoms with Crippen LogP contribution in [0.4, 0.5) is 9.59 Å². The molecule has 8 heteroatoms. The summed E-state index contributed by atoms with van der Waals surface area (Å²) in [7, 11) is 0. The number of allylic oxidation sites excluding steroid dienone is 1. The second kappa shape index (κ2) is 14.1. The van der Waals surface area contributed by atoms with Crippen molar-refractivity contribution in [2.45, 2.75) is 65.2 Å². The molecule has 1 unspecified atom stereocenters. The van der Waals surface area contributed by atoms with Crippen molar-refractivity contribution < 1.29 is 28.6 Å². The van der Waals surface area contributed by atoms with Gasteiger partial charge in [0.05, 0.1) is 0 Å². The molecule has 1 atom stereocenters. The highest BCUT2D eigenvalue weighted by molar-refractivity contribution is 5.81. The Morgan fingerprint density at radius 2 is 1.74 bits per heavy atom. The number of unbranched alkanes of at least 4 members (excludes halogenated alkanes) is 1. The fourth-order valence-electron chi connectivity index (χ4n) is 2.46. The van der Waals surface area contributed by atoms with E-state index in [-0.39, 0.29) is 13.2 Å². The minimum atomic E-state index is -0.838. The van der Waals surface area contributed by atoms with Crippen LogP contribution in [0.3, 0.4) is 0 Å². The number of alkyl carbamates (subject to hydrolysis) is 2. The lowest BCUT2D eigenvalue weighted by atomic mass is 10.1. The fourth-order valence-corrected chi connectivity index (χ4v) is 2.46. The monoisotopic (exact) mass is 434 g/mol. The summed E-state index contributed by atoms with van der Waals surface area (Å²) < 4.78 is 15.5. The van der Waals surface area contributed by atoms with E-state index >= 15 is 0 Å². The topological polar surface area (TPSA) is 103 Å². The van der Waals surface area contributed by atoms with Gasteiger partial charge in [-0.1, -0.05) is 42.5 Å². The quantitative estimate of drug-likeness (QED) is 0.235. The molecule has 0 bridgehead atoms. The zero-order valence-electron chi connectivity index (χ0n) is 18.8. The van der Waals surface area contributed by atoms with Gasteiger partial charge in [-0.25, -0.2) is 14.4 Å². The van der Waals surface area contributed by atoms with Crippen LogP contribution in [0.15, 0.2) is 42.5 Å². The molecule has 0 spiro atoms. The summed E-state index contributed by atoms with van der Waals surface area (Å²) in [6, 6.07) is 8.42. The molecule has 31 heavy (non-hydrogen) atoms. The van der Waals surface area contributed by atoms with E-state index < -0.39 is 29.8 Å². The highest BCUT2D eigenvalue weighted by Crippen LogP contribution is 2.08. The number of hydrogen-bond donors (Lipinski definition) is 2. The van der Waals surface area contributed by atoms with E-state index in [0.29, 0.717) is 25.8 Å². The minimum absolute atomic E-state index is 0.104. The van der Waals surface area contributed by atoms with Gasteiger partial charge in [0.25, 0.3) is 0 Å². The van der Waals surface area contributed by atoms with Crippen molar-refractivity contribution in [1.82, 2.24) is 10.6 Å². The number of benzene rings is 1. The lowest BCUT2D eigenvalue weighted by Gasteiger charge is -2.20. The fraction of sp³-hybridized carbons (Fsp3) is 0.522. The second-order valence-corrected chi connectivity index (χ2v) is 7.88. The number of ether oxygens (including phenoxy) is 3. The van der Waals surface area contributed by atoms with Gasteiger partial charge < -0.3 is 24.8 Å². The zero-order chi connectivity index (χ0) is 23.1. The predicted molar refractivity (Wildman–Crippen MR) is 117 cm³/mol. The molecule has 0 aliphatic carbocycles. The summed E-state index contributed by atoms with van der Waals surface area (Å²) in [5.41, 5.74) is 0.286. The largest absolute Gasteiger partial charge is 0.460 e. The van der Waals surface area contributed by atoms with Gasteiger partial charge in [0.15, 0.2) is 0 Å². The molecule has 0 aromatic heterocycles. The molecule has 8 nitrogen and oxygen atoms in total. The Balaban J connectivity index is 2.46. The van der Waals surface area contributed by atoms with Crippen molar-refractivity contribution in [2.24, 2.45) is 0 Å². The van der Waals surface area contributed by atoms with Crippen LogP contribution in [0.5, 0.6) is 0 Å². The van der Waals surface area contributed by atoms with Crippen LogP contribution in [-0.2, 0) is 25.6 Å². The van der Waals surface area contributed by atoms with Gasteiger partial charge in [0.2, 0.25) is 0 Å². The predicted octanol–water partition coefficient (Wildman–Crippen LogP) is 4.10. The van der Waals surface area contributed by atoms with Crippen LogP contribution in [0.2, 0.25) is 0 Å². The van der Waals surface area contributed by atoms with E-state index in [1.807, 2.05) is 37.3 Å². The normalized spacial score (nSPS) is 12.1. The summed E-state index contributed by atoms with van der Waals surface area (Å²) in [4.78, 5) is 36.1. The Bertz CT molecular complexity index is 713. The van der Waals surface area contributed by atoms with Crippen LogP contribution in [0, 0.1) is 0 Å². The molecule has 0 radical (unpaired) electrons. The maximum Gasteiger partial charge on any atom is 0.408 e. The molecule has 0 heterocycles. The second-order valence-electron chi connectivity index (χ2n) is 7.88. The number of hydrogen-bond acceptors (Lipinski definition) is 6. The van der Waals surface area contributed by atoms with E-state index in [1.165, 1.54) is 0 Å². The third-order valence-corrected chi connectivity index (χ3v) is 3.93. The van der Waals surface area contributed by atoms with Gasteiger partial charge in [-0.3, -0.25) is 0 Å². The summed E-state index contributed by atoms with van der Waals surface area (Å²) in [5.74, 6) is -0.533. The highest BCUT2D eigenvalue weighted by atomic mass is 16.6. The Hall–Kier alpha value is -3.03. The van der Waals surface area contributed by atoms with Gasteiger partial charge in [0.1, 0.15) is 24.9 Å². The average Bonchev–Trinajstić information content (AvgIpc) is 2.70.